The first kappa shape index (κ1) is 16.3. The van der Waals surface area contributed by atoms with Gasteiger partial charge in [-0.25, -0.2) is 9.18 Å². The Labute approximate surface area is 129 Å². The number of rotatable bonds is 6. The molecule has 120 valence electrons. The summed E-state index contributed by atoms with van der Waals surface area (Å²) >= 11 is 0. The lowest BCUT2D eigenvalue weighted by atomic mass is 9.96. The topological polar surface area (TPSA) is 69.6 Å². The number of amides is 2. The largest absolute Gasteiger partial charge is 0.481 e. The van der Waals surface area contributed by atoms with E-state index in [2.05, 4.69) is 5.32 Å². The molecule has 1 fully saturated rings. The van der Waals surface area contributed by atoms with Gasteiger partial charge in [-0.15, -0.1) is 0 Å². The Morgan fingerprint density at radius 2 is 2.14 bits per heavy atom. The molecule has 1 aliphatic rings. The minimum atomic E-state index is -0.932. The van der Waals surface area contributed by atoms with Crippen molar-refractivity contribution >= 4 is 12.0 Å². The highest BCUT2D eigenvalue weighted by Gasteiger charge is 2.44. The van der Waals surface area contributed by atoms with Gasteiger partial charge in [-0.3, -0.25) is 4.79 Å². The molecule has 0 aromatic heterocycles. The van der Waals surface area contributed by atoms with Gasteiger partial charge in [0.1, 0.15) is 5.82 Å². The zero-order valence-electron chi connectivity index (χ0n) is 12.8. The Hall–Kier alpha value is -2.11. The van der Waals surface area contributed by atoms with Crippen LogP contribution in [0.1, 0.15) is 25.3 Å². The van der Waals surface area contributed by atoms with E-state index in [0.717, 1.165) is 18.4 Å². The molecule has 0 radical (unpaired) electrons. The first-order chi connectivity index (χ1) is 10.3. The second-order valence-corrected chi connectivity index (χ2v) is 6.07. The molecular formula is C16H21FN2O3. The second-order valence-electron chi connectivity index (χ2n) is 6.07. The molecule has 0 saturated heterocycles. The highest BCUT2D eigenvalue weighted by molar-refractivity contribution is 5.75. The summed E-state index contributed by atoms with van der Waals surface area (Å²) in [5.74, 6) is -1.82. The zero-order valence-corrected chi connectivity index (χ0v) is 12.8. The number of nitrogens with one attached hydrogen (secondary N) is 1. The molecule has 1 aliphatic carbocycles. The van der Waals surface area contributed by atoms with Crippen LogP contribution >= 0.6 is 0 Å². The average molecular weight is 308 g/mol. The fourth-order valence-electron chi connectivity index (χ4n) is 2.49. The van der Waals surface area contributed by atoms with Crippen molar-refractivity contribution in [3.05, 3.63) is 35.6 Å². The van der Waals surface area contributed by atoms with Crippen LogP contribution in [0, 0.1) is 11.7 Å². The summed E-state index contributed by atoms with van der Waals surface area (Å²) < 4.78 is 13.3. The number of carboxylic acid groups (broad SMARTS) is 1. The minimum absolute atomic E-state index is 0.147. The molecule has 0 heterocycles. The van der Waals surface area contributed by atoms with Crippen molar-refractivity contribution in [1.29, 1.82) is 0 Å². The molecule has 1 aromatic rings. The van der Waals surface area contributed by atoms with E-state index in [0.29, 0.717) is 6.54 Å². The van der Waals surface area contributed by atoms with Gasteiger partial charge >= 0.3 is 12.0 Å². The van der Waals surface area contributed by atoms with Gasteiger partial charge in [0.25, 0.3) is 0 Å². The lowest BCUT2D eigenvalue weighted by molar-refractivity contribution is -0.141. The van der Waals surface area contributed by atoms with Crippen molar-refractivity contribution in [3.8, 4) is 0 Å². The third kappa shape index (κ3) is 3.75. The van der Waals surface area contributed by atoms with Gasteiger partial charge in [-0.1, -0.05) is 19.1 Å². The molecule has 1 aromatic carbocycles. The number of nitrogens with zero attached hydrogens (tertiary/aromatic N) is 1. The number of carbonyl (C=O) groups is 2. The van der Waals surface area contributed by atoms with E-state index < -0.39 is 11.9 Å². The van der Waals surface area contributed by atoms with Crippen LogP contribution in [0.3, 0.4) is 0 Å². The monoisotopic (exact) mass is 308 g/mol. The summed E-state index contributed by atoms with van der Waals surface area (Å²) in [6, 6.07) is 6.15. The first-order valence-corrected chi connectivity index (χ1v) is 7.32. The van der Waals surface area contributed by atoms with Crippen molar-refractivity contribution < 1.29 is 19.1 Å². The normalized spacial score (nSPS) is 16.7. The van der Waals surface area contributed by atoms with Crippen LogP contribution in [0.4, 0.5) is 9.18 Å². The molecule has 0 bridgehead atoms. The number of hydrogen-bond donors (Lipinski definition) is 2. The summed E-state index contributed by atoms with van der Waals surface area (Å²) in [5, 5.41) is 11.7. The van der Waals surface area contributed by atoms with Gasteiger partial charge in [-0.2, -0.15) is 0 Å². The maximum Gasteiger partial charge on any atom is 0.317 e. The molecule has 1 unspecified atom stereocenters. The van der Waals surface area contributed by atoms with Crippen molar-refractivity contribution in [2.45, 2.75) is 25.2 Å². The summed E-state index contributed by atoms with van der Waals surface area (Å²) in [6.45, 7) is 2.14. The quantitative estimate of drug-likeness (QED) is 0.846. The summed E-state index contributed by atoms with van der Waals surface area (Å²) in [4.78, 5) is 24.2. The number of halogens is 1. The average Bonchev–Trinajstić information content (AvgIpc) is 3.25. The number of carbonyl (C=O) groups excluding carboxylic acids is 1. The Morgan fingerprint density at radius 1 is 1.45 bits per heavy atom. The fraction of sp³-hybridized carbons (Fsp3) is 0.500. The van der Waals surface area contributed by atoms with Crippen LogP contribution < -0.4 is 5.32 Å². The van der Waals surface area contributed by atoms with Gasteiger partial charge in [0, 0.05) is 25.6 Å². The zero-order chi connectivity index (χ0) is 16.3. The minimum Gasteiger partial charge on any atom is -0.481 e. The molecule has 1 saturated carbocycles. The van der Waals surface area contributed by atoms with Crippen molar-refractivity contribution in [2.24, 2.45) is 5.92 Å². The number of hydrogen-bond acceptors (Lipinski definition) is 2. The molecule has 2 rings (SSSR count). The molecule has 22 heavy (non-hydrogen) atoms. The van der Waals surface area contributed by atoms with Gasteiger partial charge in [-0.05, 0) is 30.5 Å². The standard InChI is InChI=1S/C16H21FN2O3/c1-11(14(20)21)9-19(2)15(22)18-10-16(6-7-16)12-4-3-5-13(17)8-12/h3-5,8,11H,6-7,9-10H2,1-2H3,(H,18,22)(H,20,21). The lowest BCUT2D eigenvalue weighted by Gasteiger charge is -2.22. The van der Waals surface area contributed by atoms with E-state index in [1.807, 2.05) is 6.07 Å². The third-order valence-corrected chi connectivity index (χ3v) is 4.18. The second kappa shape index (κ2) is 6.34. The van der Waals surface area contributed by atoms with E-state index in [4.69, 9.17) is 5.11 Å². The molecule has 6 heteroatoms. The predicted molar refractivity (Wildman–Crippen MR) is 80.1 cm³/mol. The molecule has 5 nitrogen and oxygen atoms in total. The van der Waals surface area contributed by atoms with Crippen LogP contribution in [0.25, 0.3) is 0 Å². The number of benzene rings is 1. The number of aliphatic carboxylic acids is 1. The van der Waals surface area contributed by atoms with Crippen LogP contribution in [0.15, 0.2) is 24.3 Å². The highest BCUT2D eigenvalue weighted by atomic mass is 19.1. The lowest BCUT2D eigenvalue weighted by Crippen LogP contribution is -2.43. The molecule has 1 atom stereocenters. The van der Waals surface area contributed by atoms with Crippen molar-refractivity contribution in [3.63, 3.8) is 0 Å². The van der Waals surface area contributed by atoms with Crippen molar-refractivity contribution in [2.75, 3.05) is 20.1 Å². The third-order valence-electron chi connectivity index (χ3n) is 4.18. The van der Waals surface area contributed by atoms with E-state index in [-0.39, 0.29) is 23.8 Å². The Balaban J connectivity index is 1.90. The maximum absolute atomic E-state index is 13.3. The SMILES string of the molecule is CC(CN(C)C(=O)NCC1(c2cccc(F)c2)CC1)C(=O)O. The number of carboxylic acids is 1. The molecule has 2 amide bonds. The Bertz CT molecular complexity index is 572. The van der Waals surface area contributed by atoms with Gasteiger partial charge < -0.3 is 15.3 Å². The van der Waals surface area contributed by atoms with E-state index in [1.165, 1.54) is 17.0 Å². The number of urea groups is 1. The summed E-state index contributed by atoms with van der Waals surface area (Å²) in [7, 11) is 1.57. The van der Waals surface area contributed by atoms with Gasteiger partial charge in [0.2, 0.25) is 0 Å². The fourth-order valence-corrected chi connectivity index (χ4v) is 2.49. The van der Waals surface area contributed by atoms with Crippen LogP contribution in [-0.2, 0) is 10.2 Å². The summed E-state index contributed by atoms with van der Waals surface area (Å²) in [5.41, 5.74) is 0.714. The smallest absolute Gasteiger partial charge is 0.317 e. The molecule has 2 N–H and O–H groups in total. The van der Waals surface area contributed by atoms with Gasteiger partial charge in [0.15, 0.2) is 0 Å². The maximum atomic E-state index is 13.3. The van der Waals surface area contributed by atoms with E-state index in [9.17, 15) is 14.0 Å². The van der Waals surface area contributed by atoms with Crippen LogP contribution in [-0.4, -0.2) is 42.1 Å². The summed E-state index contributed by atoms with van der Waals surface area (Å²) in [6.07, 6.45) is 1.82. The van der Waals surface area contributed by atoms with Crippen LogP contribution in [0.5, 0.6) is 0 Å². The van der Waals surface area contributed by atoms with E-state index in [1.54, 1.807) is 20.0 Å². The highest BCUT2D eigenvalue weighted by Crippen LogP contribution is 2.47. The predicted octanol–water partition coefficient (Wildman–Crippen LogP) is 2.22. The molecular weight excluding hydrogens is 287 g/mol. The first-order valence-electron chi connectivity index (χ1n) is 7.32. The Kier molecular flexibility index (Phi) is 4.68. The van der Waals surface area contributed by atoms with Gasteiger partial charge in [0.05, 0.1) is 5.92 Å². The van der Waals surface area contributed by atoms with E-state index >= 15 is 0 Å². The molecule has 0 spiro atoms. The van der Waals surface area contributed by atoms with Crippen molar-refractivity contribution in [1.82, 2.24) is 10.2 Å². The van der Waals surface area contributed by atoms with Crippen LogP contribution in [0.2, 0.25) is 0 Å². The molecule has 0 aliphatic heterocycles. The Morgan fingerprint density at radius 3 is 2.68 bits per heavy atom.